The number of aromatic nitrogens is 3. The van der Waals surface area contributed by atoms with Gasteiger partial charge in [0, 0.05) is 46.9 Å². The smallest absolute Gasteiger partial charge is 0.128 e. The van der Waals surface area contributed by atoms with Gasteiger partial charge in [0.1, 0.15) is 5.58 Å². The molecule has 0 aliphatic rings. The molecule has 0 bridgehead atoms. The van der Waals surface area contributed by atoms with Crippen molar-refractivity contribution < 1.29 is 28.6 Å². The van der Waals surface area contributed by atoms with Gasteiger partial charge in [-0.2, -0.15) is 0 Å². The molecule has 0 atom stereocenters. The van der Waals surface area contributed by atoms with E-state index >= 15 is 0 Å². The van der Waals surface area contributed by atoms with Crippen LogP contribution in [0.3, 0.4) is 0 Å². The molecule has 0 amide bonds. The number of rotatable bonds is 6. The molecule has 5 heteroatoms. The van der Waals surface area contributed by atoms with E-state index in [1.54, 1.807) is 12.1 Å². The molecule has 10 aromatic rings. The van der Waals surface area contributed by atoms with Crippen LogP contribution in [-0.2, 0) is 36.4 Å². The van der Waals surface area contributed by atoms with Crippen LogP contribution in [0.1, 0.15) is 139 Å². The van der Waals surface area contributed by atoms with Crippen molar-refractivity contribution >= 4 is 43.7 Å². The Morgan fingerprint density at radius 3 is 1.86 bits per heavy atom. The molecule has 0 N–H and O–H groups in total. The number of hydrogen-bond donors (Lipinski definition) is 0. The van der Waals surface area contributed by atoms with E-state index in [0.29, 0.717) is 28.0 Å². The Labute approximate surface area is 434 Å². The summed E-state index contributed by atoms with van der Waals surface area (Å²) in [5.41, 5.74) is 15.2. The number of hydrogen-bond acceptors (Lipinski definition) is 3. The third-order valence-electron chi connectivity index (χ3n) is 13.5. The van der Waals surface area contributed by atoms with Gasteiger partial charge in [0.2, 0.25) is 0 Å². The second kappa shape index (κ2) is 19.2. The first-order valence-electron chi connectivity index (χ1n) is 26.0. The van der Waals surface area contributed by atoms with E-state index in [2.05, 4.69) is 178 Å². The van der Waals surface area contributed by atoms with E-state index in [0.717, 1.165) is 60.8 Å². The van der Waals surface area contributed by atoms with Gasteiger partial charge in [-0.05, 0) is 115 Å². The first-order valence-corrected chi connectivity index (χ1v) is 24.5. The van der Waals surface area contributed by atoms with Crippen molar-refractivity contribution in [1.82, 2.24) is 14.5 Å². The number of pyridine rings is 1. The minimum Gasteiger partial charge on any atom is -0.500 e. The molecule has 3 heterocycles. The summed E-state index contributed by atoms with van der Waals surface area (Å²) in [4.78, 5) is 9.69. The molecule has 3 aromatic heterocycles. The van der Waals surface area contributed by atoms with Gasteiger partial charge < -0.3 is 14.0 Å². The zero-order chi connectivity index (χ0) is 51.7. The second-order valence-electron chi connectivity index (χ2n) is 22.4. The molecule has 7 aromatic carbocycles. The third-order valence-corrected chi connectivity index (χ3v) is 13.5. The van der Waals surface area contributed by atoms with E-state index in [9.17, 15) is 0 Å². The Morgan fingerprint density at radius 1 is 0.586 bits per heavy atom. The first-order chi connectivity index (χ1) is 33.9. The number of fused-ring (bicyclic) bond motifs is 6. The quantitative estimate of drug-likeness (QED) is 0.156. The maximum atomic E-state index is 8.74. The van der Waals surface area contributed by atoms with Crippen molar-refractivity contribution in [3.63, 3.8) is 0 Å². The Bertz CT molecular complexity index is 3570. The largest absolute Gasteiger partial charge is 0.500 e. The normalized spacial score (nSPS) is 13.1. The van der Waals surface area contributed by atoms with Gasteiger partial charge in [-0.3, -0.25) is 4.98 Å². The van der Waals surface area contributed by atoms with Gasteiger partial charge in [0.25, 0.3) is 0 Å². The molecule has 359 valence electrons. The van der Waals surface area contributed by atoms with E-state index in [-0.39, 0.29) is 53.7 Å². The van der Waals surface area contributed by atoms with Crippen molar-refractivity contribution in [2.45, 2.75) is 125 Å². The molecular weight excluding hydrogens is 1030 g/mol. The summed E-state index contributed by atoms with van der Waals surface area (Å²) in [5.74, 6) is 0.794. The van der Waals surface area contributed by atoms with Gasteiger partial charge in [0.15, 0.2) is 0 Å². The summed E-state index contributed by atoms with van der Waals surface area (Å²) >= 11 is 0. The monoisotopic (exact) mass is 1100 g/mol. The SMILES string of the molecule is CC(C)(C)c1ccnc(-c2[c-]cccc2)c1.[2H]C([2H])([2H])c1cccc2nc(-c3[c-]ccc4c3oc3c5ccccc5ccc43)n(-c3c(C(C)C)cc(-c4cc(C(C)(C)C)cc(C(C)(C)C)c4)cc3C(C)C)c12.[Ir]. The fourth-order valence-corrected chi connectivity index (χ4v) is 9.39. The van der Waals surface area contributed by atoms with Crippen LogP contribution >= 0.6 is 0 Å². The summed E-state index contributed by atoms with van der Waals surface area (Å²) in [7, 11) is 0. The summed E-state index contributed by atoms with van der Waals surface area (Å²) < 4.78 is 35.2. The molecular formula is C65H67IrN3O-2. The predicted molar refractivity (Wildman–Crippen MR) is 293 cm³/mol. The number of imidazole rings is 1. The van der Waals surface area contributed by atoms with Crippen molar-refractivity contribution in [3.05, 3.63) is 185 Å². The molecule has 1 radical (unpaired) electrons. The molecule has 0 unspecified atom stereocenters. The van der Waals surface area contributed by atoms with Crippen LogP contribution < -0.4 is 0 Å². The Balaban J connectivity index is 0.000000356. The number of nitrogens with zero attached hydrogens (tertiary/aromatic N) is 3. The van der Waals surface area contributed by atoms with Gasteiger partial charge in [-0.15, -0.1) is 54.1 Å². The fraction of sp³-hybridized carbons (Fsp3) is 0.292. The van der Waals surface area contributed by atoms with Crippen LogP contribution in [-0.4, -0.2) is 14.5 Å². The average Bonchev–Trinajstić information content (AvgIpc) is 3.92. The number of para-hydroxylation sites is 1. The molecule has 70 heavy (non-hydrogen) atoms. The van der Waals surface area contributed by atoms with Crippen molar-refractivity contribution in [2.24, 2.45) is 0 Å². The molecule has 0 aliphatic carbocycles. The van der Waals surface area contributed by atoms with E-state index in [4.69, 9.17) is 13.5 Å². The predicted octanol–water partition coefficient (Wildman–Crippen LogP) is 18.2. The molecule has 0 aliphatic heterocycles. The Morgan fingerprint density at radius 2 is 1.23 bits per heavy atom. The molecule has 4 nitrogen and oxygen atoms in total. The van der Waals surface area contributed by atoms with E-state index in [1.165, 1.54) is 22.3 Å². The third kappa shape index (κ3) is 9.68. The number of aryl methyl sites for hydroxylation is 1. The van der Waals surface area contributed by atoms with Crippen LogP contribution in [0.5, 0.6) is 0 Å². The molecule has 0 saturated heterocycles. The Kier molecular flexibility index (Phi) is 12.7. The standard InChI is InChI=1S/C50H51N2O.C15H16N.Ir/c1-29(2)41-26-34(33-24-35(49(6,7)8)28-36(25-33)50(9,10)11)27-42(30(3)4)45(41)52-44-31(5)16-14-21-43(44)51-48(52)40-20-15-19-38-39-23-22-32-17-12-13-18-37(32)46(39)53-47(38)40;1-15(2,3)13-9-10-16-14(11-13)12-7-5-4-6-8-12;/h12-19,21-30H,1-11H3;4-7,9-11H,1-3H3;/q2*-1;/i5D3;;. The maximum Gasteiger partial charge on any atom is 0.128 e. The molecule has 0 spiro atoms. The minimum atomic E-state index is -2.38. The molecule has 0 fully saturated rings. The molecule has 0 saturated carbocycles. The van der Waals surface area contributed by atoms with Crippen LogP contribution in [0.2, 0.25) is 0 Å². The van der Waals surface area contributed by atoms with Crippen molar-refractivity contribution in [3.8, 4) is 39.5 Å². The Hall–Kier alpha value is -6.13. The maximum absolute atomic E-state index is 8.74. The zero-order valence-electron chi connectivity index (χ0n) is 46.0. The fourth-order valence-electron chi connectivity index (χ4n) is 9.39. The van der Waals surface area contributed by atoms with Gasteiger partial charge in [-0.1, -0.05) is 174 Å². The van der Waals surface area contributed by atoms with Crippen molar-refractivity contribution in [2.75, 3.05) is 0 Å². The van der Waals surface area contributed by atoms with Gasteiger partial charge >= 0.3 is 0 Å². The first kappa shape index (κ1) is 46.3. The number of furan rings is 1. The van der Waals surface area contributed by atoms with Gasteiger partial charge in [-0.25, -0.2) is 0 Å². The van der Waals surface area contributed by atoms with Gasteiger partial charge in [0.05, 0.1) is 22.4 Å². The average molecular weight is 1100 g/mol. The zero-order valence-corrected chi connectivity index (χ0v) is 45.4. The summed E-state index contributed by atoms with van der Waals surface area (Å²) in [6.45, 7) is 26.8. The summed E-state index contributed by atoms with van der Waals surface area (Å²) in [6, 6.07) is 52.5. The van der Waals surface area contributed by atoms with Crippen LogP contribution in [0.4, 0.5) is 0 Å². The topological polar surface area (TPSA) is 43.9 Å². The van der Waals surface area contributed by atoms with Crippen LogP contribution in [0.15, 0.2) is 144 Å². The number of benzene rings is 7. The van der Waals surface area contributed by atoms with Crippen molar-refractivity contribution in [1.29, 1.82) is 0 Å². The summed E-state index contributed by atoms with van der Waals surface area (Å²) in [6.07, 6.45) is 1.87. The molecule has 10 rings (SSSR count). The summed E-state index contributed by atoms with van der Waals surface area (Å²) in [5, 5.41) is 4.12. The van der Waals surface area contributed by atoms with E-state index < -0.39 is 6.85 Å². The second-order valence-corrected chi connectivity index (χ2v) is 22.4. The van der Waals surface area contributed by atoms with E-state index in [1.807, 2.05) is 60.8 Å². The van der Waals surface area contributed by atoms with Crippen LogP contribution in [0, 0.1) is 19.0 Å². The minimum absolute atomic E-state index is 0. The van der Waals surface area contributed by atoms with Crippen LogP contribution in [0.25, 0.3) is 83.2 Å².